The summed E-state index contributed by atoms with van der Waals surface area (Å²) in [5, 5.41) is 3.15. The predicted octanol–water partition coefficient (Wildman–Crippen LogP) is 4.52. The molecule has 0 fully saturated rings. The first-order valence-corrected chi connectivity index (χ1v) is 11.3. The van der Waals surface area contributed by atoms with E-state index in [-0.39, 0.29) is 11.2 Å². The van der Waals surface area contributed by atoms with E-state index in [1.807, 2.05) is 24.3 Å². The molecule has 0 aliphatic rings. The molecule has 6 heteroatoms. The highest BCUT2D eigenvalue weighted by Gasteiger charge is 2.13. The van der Waals surface area contributed by atoms with Gasteiger partial charge in [0.05, 0.1) is 22.0 Å². The molecule has 1 unspecified atom stereocenters. The SMILES string of the molecule is CCN(CC)Cc1ccc(CNC(=O)CSC(C)c2nc3ccccc3[nH]2)cc1. The number of benzene rings is 2. The summed E-state index contributed by atoms with van der Waals surface area (Å²) in [5.74, 6) is 1.37. The van der Waals surface area contributed by atoms with E-state index in [1.165, 1.54) is 5.56 Å². The number of fused-ring (bicyclic) bond motifs is 1. The van der Waals surface area contributed by atoms with E-state index in [1.54, 1.807) is 11.8 Å². The number of amides is 1. The number of nitrogens with one attached hydrogen (secondary N) is 2. The Hall–Kier alpha value is -2.31. The average Bonchev–Trinajstić information content (AvgIpc) is 3.19. The summed E-state index contributed by atoms with van der Waals surface area (Å²) in [5.41, 5.74) is 4.42. The number of carbonyl (C=O) groups is 1. The van der Waals surface area contributed by atoms with E-state index in [9.17, 15) is 4.79 Å². The molecule has 0 bridgehead atoms. The molecule has 5 nitrogen and oxygen atoms in total. The smallest absolute Gasteiger partial charge is 0.230 e. The topological polar surface area (TPSA) is 61.0 Å². The lowest BCUT2D eigenvalue weighted by atomic mass is 10.1. The lowest BCUT2D eigenvalue weighted by molar-refractivity contribution is -0.118. The number of aromatic nitrogens is 2. The number of aromatic amines is 1. The zero-order valence-corrected chi connectivity index (χ0v) is 18.3. The van der Waals surface area contributed by atoms with Crippen LogP contribution in [0, 0.1) is 0 Å². The molecule has 0 saturated heterocycles. The molecule has 154 valence electrons. The highest BCUT2D eigenvalue weighted by atomic mass is 32.2. The Morgan fingerprint density at radius 1 is 1.10 bits per heavy atom. The van der Waals surface area contributed by atoms with Crippen molar-refractivity contribution in [2.45, 2.75) is 39.1 Å². The van der Waals surface area contributed by atoms with Gasteiger partial charge in [0, 0.05) is 13.1 Å². The van der Waals surface area contributed by atoms with Crippen LogP contribution < -0.4 is 5.32 Å². The molecular formula is C23H30N4OS. The summed E-state index contributed by atoms with van der Waals surface area (Å²) in [4.78, 5) is 22.6. The molecule has 0 radical (unpaired) electrons. The van der Waals surface area contributed by atoms with Crippen molar-refractivity contribution in [2.24, 2.45) is 0 Å². The number of rotatable bonds is 10. The van der Waals surface area contributed by atoms with Crippen LogP contribution in [0.25, 0.3) is 11.0 Å². The molecule has 2 aromatic carbocycles. The maximum atomic E-state index is 12.2. The van der Waals surface area contributed by atoms with E-state index in [2.05, 4.69) is 65.2 Å². The number of hydrogen-bond acceptors (Lipinski definition) is 4. The number of hydrogen-bond donors (Lipinski definition) is 2. The summed E-state index contributed by atoms with van der Waals surface area (Å²) < 4.78 is 0. The Kier molecular flexibility index (Phi) is 7.72. The number of imidazole rings is 1. The van der Waals surface area contributed by atoms with Gasteiger partial charge in [-0.15, -0.1) is 11.8 Å². The maximum Gasteiger partial charge on any atom is 0.230 e. The molecule has 1 atom stereocenters. The first-order chi connectivity index (χ1) is 14.1. The molecule has 3 aromatic rings. The molecule has 0 aliphatic carbocycles. The number of carbonyl (C=O) groups excluding carboxylic acids is 1. The molecule has 1 aromatic heterocycles. The van der Waals surface area contributed by atoms with Crippen LogP contribution >= 0.6 is 11.8 Å². The van der Waals surface area contributed by atoms with Gasteiger partial charge in [0.25, 0.3) is 0 Å². The van der Waals surface area contributed by atoms with Crippen LogP contribution in [0.15, 0.2) is 48.5 Å². The number of H-pyrrole nitrogens is 1. The fourth-order valence-electron chi connectivity index (χ4n) is 3.16. The first kappa shape index (κ1) is 21.4. The second-order valence-corrected chi connectivity index (χ2v) is 8.48. The third-order valence-electron chi connectivity index (χ3n) is 5.07. The highest BCUT2D eigenvalue weighted by molar-refractivity contribution is 8.00. The van der Waals surface area contributed by atoms with Crippen molar-refractivity contribution >= 4 is 28.7 Å². The molecule has 0 saturated carbocycles. The number of thioether (sulfide) groups is 1. The van der Waals surface area contributed by atoms with Gasteiger partial charge in [0.1, 0.15) is 5.82 Å². The van der Waals surface area contributed by atoms with Crippen LogP contribution in [0.4, 0.5) is 0 Å². The molecule has 2 N–H and O–H groups in total. The minimum Gasteiger partial charge on any atom is -0.351 e. The Morgan fingerprint density at radius 3 is 2.48 bits per heavy atom. The lowest BCUT2D eigenvalue weighted by Crippen LogP contribution is -2.25. The van der Waals surface area contributed by atoms with E-state index < -0.39 is 0 Å². The van der Waals surface area contributed by atoms with Crippen LogP contribution in [0.2, 0.25) is 0 Å². The summed E-state index contributed by atoms with van der Waals surface area (Å²) in [6.07, 6.45) is 0. The molecule has 3 rings (SSSR count). The zero-order valence-electron chi connectivity index (χ0n) is 17.4. The van der Waals surface area contributed by atoms with Gasteiger partial charge in [-0.25, -0.2) is 4.98 Å². The van der Waals surface area contributed by atoms with Gasteiger partial charge < -0.3 is 10.3 Å². The van der Waals surface area contributed by atoms with Crippen LogP contribution in [0.1, 0.15) is 43.0 Å². The Balaban J connectivity index is 1.43. The monoisotopic (exact) mass is 410 g/mol. The Labute approximate surface area is 177 Å². The van der Waals surface area contributed by atoms with Crippen molar-refractivity contribution in [3.63, 3.8) is 0 Å². The molecule has 0 spiro atoms. The first-order valence-electron chi connectivity index (χ1n) is 10.2. The lowest BCUT2D eigenvalue weighted by Gasteiger charge is -2.18. The maximum absolute atomic E-state index is 12.2. The molecule has 1 heterocycles. The average molecular weight is 411 g/mol. The van der Waals surface area contributed by atoms with Crippen molar-refractivity contribution in [3.05, 3.63) is 65.5 Å². The van der Waals surface area contributed by atoms with Crippen molar-refractivity contribution in [2.75, 3.05) is 18.8 Å². The summed E-state index contributed by atoms with van der Waals surface area (Å²) >= 11 is 1.59. The summed E-state index contributed by atoms with van der Waals surface area (Å²) in [7, 11) is 0. The summed E-state index contributed by atoms with van der Waals surface area (Å²) in [6, 6.07) is 16.5. The summed E-state index contributed by atoms with van der Waals surface area (Å²) in [6.45, 7) is 10.1. The van der Waals surface area contributed by atoms with Gasteiger partial charge in [-0.05, 0) is 43.3 Å². The van der Waals surface area contributed by atoms with E-state index in [4.69, 9.17) is 0 Å². The van der Waals surface area contributed by atoms with E-state index in [0.29, 0.717) is 12.3 Å². The van der Waals surface area contributed by atoms with Crippen LogP contribution in [0.5, 0.6) is 0 Å². The second kappa shape index (κ2) is 10.5. The fourth-order valence-corrected chi connectivity index (χ4v) is 3.94. The van der Waals surface area contributed by atoms with Gasteiger partial charge in [-0.1, -0.05) is 50.2 Å². The predicted molar refractivity (Wildman–Crippen MR) is 122 cm³/mol. The molecular weight excluding hydrogens is 380 g/mol. The zero-order chi connectivity index (χ0) is 20.6. The van der Waals surface area contributed by atoms with Crippen LogP contribution in [-0.2, 0) is 17.9 Å². The van der Waals surface area contributed by atoms with Gasteiger partial charge >= 0.3 is 0 Å². The quantitative estimate of drug-likeness (QED) is 0.516. The largest absolute Gasteiger partial charge is 0.351 e. The minimum absolute atomic E-state index is 0.0465. The van der Waals surface area contributed by atoms with Crippen molar-refractivity contribution in [3.8, 4) is 0 Å². The highest BCUT2D eigenvalue weighted by Crippen LogP contribution is 2.27. The molecule has 0 aliphatic heterocycles. The Morgan fingerprint density at radius 2 is 1.79 bits per heavy atom. The van der Waals surface area contributed by atoms with Crippen molar-refractivity contribution in [1.82, 2.24) is 20.2 Å². The standard InChI is InChI=1S/C23H30N4OS/c1-4-27(5-2)15-19-12-10-18(11-13-19)14-24-22(28)16-29-17(3)23-25-20-8-6-7-9-21(20)26-23/h6-13,17H,4-5,14-16H2,1-3H3,(H,24,28)(H,25,26). The minimum atomic E-state index is 0.0465. The van der Waals surface area contributed by atoms with Crippen LogP contribution in [0.3, 0.4) is 0 Å². The van der Waals surface area contributed by atoms with E-state index in [0.717, 1.165) is 42.1 Å². The van der Waals surface area contributed by atoms with Crippen molar-refractivity contribution < 1.29 is 4.79 Å². The van der Waals surface area contributed by atoms with Gasteiger partial charge in [0.2, 0.25) is 5.91 Å². The van der Waals surface area contributed by atoms with Gasteiger partial charge in [-0.3, -0.25) is 9.69 Å². The van der Waals surface area contributed by atoms with Gasteiger partial charge in [0.15, 0.2) is 0 Å². The van der Waals surface area contributed by atoms with Crippen LogP contribution in [-0.4, -0.2) is 39.6 Å². The van der Waals surface area contributed by atoms with E-state index >= 15 is 0 Å². The number of nitrogens with zero attached hydrogens (tertiary/aromatic N) is 2. The number of para-hydroxylation sites is 2. The molecule has 29 heavy (non-hydrogen) atoms. The third-order valence-corrected chi connectivity index (χ3v) is 6.22. The van der Waals surface area contributed by atoms with Crippen molar-refractivity contribution in [1.29, 1.82) is 0 Å². The third kappa shape index (κ3) is 6.08. The second-order valence-electron chi connectivity index (χ2n) is 7.15. The fraction of sp³-hybridized carbons (Fsp3) is 0.391. The molecule has 1 amide bonds. The Bertz CT molecular complexity index is 885. The normalized spacial score (nSPS) is 12.4. The van der Waals surface area contributed by atoms with Gasteiger partial charge in [-0.2, -0.15) is 0 Å².